The van der Waals surface area contributed by atoms with Crippen molar-refractivity contribution in [2.45, 2.75) is 26.7 Å². The molecule has 70 valence electrons. The van der Waals surface area contributed by atoms with Crippen LogP contribution < -0.4 is 0 Å². The van der Waals surface area contributed by atoms with Crippen LogP contribution in [0.2, 0.25) is 0 Å². The Balaban J connectivity index is 2.71. The molecule has 0 heterocycles. The van der Waals surface area contributed by atoms with E-state index in [1.165, 1.54) is 5.57 Å². The van der Waals surface area contributed by atoms with Crippen molar-refractivity contribution in [1.82, 2.24) is 0 Å². The maximum atomic E-state index is 11.2. The number of hydrogen-bond acceptors (Lipinski definition) is 2. The van der Waals surface area contributed by atoms with E-state index < -0.39 is 0 Å². The first-order valence-corrected chi connectivity index (χ1v) is 4.28. The van der Waals surface area contributed by atoms with Crippen LogP contribution in [0.3, 0.4) is 0 Å². The molecule has 0 amide bonds. The summed E-state index contributed by atoms with van der Waals surface area (Å²) in [5.41, 5.74) is 2.41. The molecule has 0 N–H and O–H groups in total. The summed E-state index contributed by atoms with van der Waals surface area (Å²) in [7, 11) is 0. The lowest BCUT2D eigenvalue weighted by Gasteiger charge is -2.07. The molecule has 2 nitrogen and oxygen atoms in total. The lowest BCUT2D eigenvalue weighted by atomic mass is 10.2. The van der Waals surface area contributed by atoms with Gasteiger partial charge in [-0.1, -0.05) is 13.2 Å². The summed E-state index contributed by atoms with van der Waals surface area (Å²) in [5.74, 6) is 0.297. The maximum absolute atomic E-state index is 11.2. The lowest BCUT2D eigenvalue weighted by Crippen LogP contribution is -2.05. The predicted molar refractivity (Wildman–Crippen MR) is 52.0 cm³/mol. The van der Waals surface area contributed by atoms with Gasteiger partial charge < -0.3 is 4.74 Å². The molecule has 0 saturated heterocycles. The standard InChI is InChI=1S/C11H14O2/c1-7(2)10(9-5-6-9)13-11(12)8(3)4/h1,3,5-6H2,2,4H3. The number of hydrogen-bond donors (Lipinski definition) is 0. The average molecular weight is 178 g/mol. The molecular formula is C11H14O2. The van der Waals surface area contributed by atoms with Crippen LogP contribution in [0.5, 0.6) is 0 Å². The molecule has 0 aromatic heterocycles. The highest BCUT2D eigenvalue weighted by Crippen LogP contribution is 2.34. The average Bonchev–Trinajstić information content (AvgIpc) is 2.81. The van der Waals surface area contributed by atoms with Crippen LogP contribution in [0.25, 0.3) is 0 Å². The normalized spacial score (nSPS) is 13.5. The molecular weight excluding hydrogens is 164 g/mol. The first-order chi connectivity index (χ1) is 6.02. The van der Waals surface area contributed by atoms with Gasteiger partial charge in [0.1, 0.15) is 5.76 Å². The number of allylic oxidation sites excluding steroid dienone is 2. The second-order valence-corrected chi connectivity index (χ2v) is 3.38. The molecule has 0 unspecified atom stereocenters. The van der Waals surface area contributed by atoms with Crippen LogP contribution >= 0.6 is 0 Å². The van der Waals surface area contributed by atoms with Gasteiger partial charge in [0.25, 0.3) is 0 Å². The lowest BCUT2D eigenvalue weighted by molar-refractivity contribution is -0.134. The number of ether oxygens (including phenoxy) is 1. The fourth-order valence-electron chi connectivity index (χ4n) is 0.930. The van der Waals surface area contributed by atoms with Crippen LogP contribution in [0.4, 0.5) is 0 Å². The Morgan fingerprint density at radius 2 is 1.77 bits per heavy atom. The van der Waals surface area contributed by atoms with Crippen molar-refractivity contribution >= 4 is 5.97 Å². The molecule has 2 heteroatoms. The Labute approximate surface area is 78.6 Å². The second-order valence-electron chi connectivity index (χ2n) is 3.38. The summed E-state index contributed by atoms with van der Waals surface area (Å²) in [5, 5.41) is 0. The topological polar surface area (TPSA) is 26.3 Å². The van der Waals surface area contributed by atoms with Crippen molar-refractivity contribution in [3.8, 4) is 0 Å². The minimum atomic E-state index is -0.364. The highest BCUT2D eigenvalue weighted by Gasteiger charge is 2.21. The fraction of sp³-hybridized carbons (Fsp3) is 0.364. The van der Waals surface area contributed by atoms with Crippen molar-refractivity contribution in [3.63, 3.8) is 0 Å². The van der Waals surface area contributed by atoms with E-state index in [4.69, 9.17) is 4.74 Å². The fourth-order valence-corrected chi connectivity index (χ4v) is 0.930. The predicted octanol–water partition coefficient (Wildman–Crippen LogP) is 2.73. The number of carbonyl (C=O) groups excluding carboxylic acids is 1. The van der Waals surface area contributed by atoms with Crippen molar-refractivity contribution in [1.29, 1.82) is 0 Å². The van der Waals surface area contributed by atoms with Crippen LogP contribution in [-0.4, -0.2) is 5.97 Å². The third kappa shape index (κ3) is 2.58. The number of carbonyl (C=O) groups is 1. The minimum Gasteiger partial charge on any atom is -0.423 e. The number of rotatable bonds is 3. The largest absolute Gasteiger partial charge is 0.423 e. The first-order valence-electron chi connectivity index (χ1n) is 4.28. The molecule has 1 saturated carbocycles. The summed E-state index contributed by atoms with van der Waals surface area (Å²) in [6.45, 7) is 10.8. The Morgan fingerprint density at radius 1 is 1.23 bits per heavy atom. The van der Waals surface area contributed by atoms with Crippen molar-refractivity contribution < 1.29 is 9.53 Å². The zero-order valence-corrected chi connectivity index (χ0v) is 8.14. The van der Waals surface area contributed by atoms with Gasteiger partial charge in [0.2, 0.25) is 0 Å². The highest BCUT2D eigenvalue weighted by atomic mass is 16.5. The zero-order valence-electron chi connectivity index (χ0n) is 8.14. The zero-order chi connectivity index (χ0) is 10.0. The van der Waals surface area contributed by atoms with Gasteiger partial charge in [0.15, 0.2) is 0 Å². The van der Waals surface area contributed by atoms with Crippen molar-refractivity contribution in [2.24, 2.45) is 0 Å². The highest BCUT2D eigenvalue weighted by molar-refractivity contribution is 5.88. The summed E-state index contributed by atoms with van der Waals surface area (Å²) in [4.78, 5) is 11.2. The Kier molecular flexibility index (Phi) is 2.71. The van der Waals surface area contributed by atoms with Gasteiger partial charge in [-0.25, -0.2) is 4.79 Å². The first kappa shape index (κ1) is 9.78. The minimum absolute atomic E-state index is 0.364. The molecule has 1 aliphatic rings. The molecule has 1 fully saturated rings. The number of esters is 1. The van der Waals surface area contributed by atoms with Crippen molar-refractivity contribution in [2.75, 3.05) is 0 Å². The Bertz CT molecular complexity index is 302. The Hall–Kier alpha value is -1.31. The maximum Gasteiger partial charge on any atom is 0.338 e. The van der Waals surface area contributed by atoms with Gasteiger partial charge in [-0.3, -0.25) is 0 Å². The van der Waals surface area contributed by atoms with E-state index in [9.17, 15) is 4.79 Å². The van der Waals surface area contributed by atoms with E-state index in [0.29, 0.717) is 11.3 Å². The van der Waals surface area contributed by atoms with E-state index in [1.54, 1.807) is 6.92 Å². The van der Waals surface area contributed by atoms with Crippen LogP contribution in [-0.2, 0) is 9.53 Å². The molecule has 0 bridgehead atoms. The molecule has 1 aliphatic carbocycles. The third-order valence-electron chi connectivity index (χ3n) is 1.75. The van der Waals surface area contributed by atoms with Crippen molar-refractivity contribution in [3.05, 3.63) is 35.6 Å². The molecule has 0 aliphatic heterocycles. The van der Waals surface area contributed by atoms with E-state index in [-0.39, 0.29) is 5.97 Å². The molecule has 13 heavy (non-hydrogen) atoms. The van der Waals surface area contributed by atoms with Crippen LogP contribution in [0.1, 0.15) is 26.7 Å². The third-order valence-corrected chi connectivity index (χ3v) is 1.75. The summed E-state index contributed by atoms with van der Waals surface area (Å²) in [6.07, 6.45) is 2.04. The van der Waals surface area contributed by atoms with Gasteiger partial charge in [0.05, 0.1) is 0 Å². The summed E-state index contributed by atoms with van der Waals surface area (Å²) < 4.78 is 5.14. The molecule has 0 aromatic rings. The molecule has 0 atom stereocenters. The molecule has 0 spiro atoms. The monoisotopic (exact) mass is 178 g/mol. The quantitative estimate of drug-likeness (QED) is 0.377. The van der Waals surface area contributed by atoms with E-state index in [0.717, 1.165) is 18.4 Å². The smallest absolute Gasteiger partial charge is 0.338 e. The van der Waals surface area contributed by atoms with Crippen LogP contribution in [0, 0.1) is 0 Å². The van der Waals surface area contributed by atoms with E-state index in [2.05, 4.69) is 13.2 Å². The van der Waals surface area contributed by atoms with Gasteiger partial charge >= 0.3 is 5.97 Å². The molecule has 1 rings (SSSR count). The van der Waals surface area contributed by atoms with Crippen LogP contribution in [0.15, 0.2) is 35.6 Å². The molecule has 0 aromatic carbocycles. The second kappa shape index (κ2) is 3.60. The summed E-state index contributed by atoms with van der Waals surface area (Å²) in [6, 6.07) is 0. The van der Waals surface area contributed by atoms with Gasteiger partial charge in [-0.2, -0.15) is 0 Å². The van der Waals surface area contributed by atoms with E-state index >= 15 is 0 Å². The van der Waals surface area contributed by atoms with Gasteiger partial charge in [-0.15, -0.1) is 0 Å². The van der Waals surface area contributed by atoms with E-state index in [1.807, 2.05) is 6.92 Å². The SMILES string of the molecule is C=C(C)C(=O)OC(C(=C)C)=C1CC1. The Morgan fingerprint density at radius 3 is 2.08 bits per heavy atom. The summed E-state index contributed by atoms with van der Waals surface area (Å²) >= 11 is 0. The van der Waals surface area contributed by atoms with Gasteiger partial charge in [-0.05, 0) is 37.8 Å². The van der Waals surface area contributed by atoms with Gasteiger partial charge in [0, 0.05) is 5.57 Å². The molecule has 0 radical (unpaired) electrons.